The van der Waals surface area contributed by atoms with E-state index in [1.807, 2.05) is 19.0 Å². The Hall–Kier alpha value is -1.51. The van der Waals surface area contributed by atoms with Crippen LogP contribution in [0.5, 0.6) is 0 Å². The van der Waals surface area contributed by atoms with Crippen LogP contribution in [-0.2, 0) is 5.41 Å². The second kappa shape index (κ2) is 4.55. The molecule has 0 aromatic heterocycles. The maximum Gasteiger partial charge on any atom is 0.320 e. The molecular formula is C16H24N2O. The van der Waals surface area contributed by atoms with Crippen molar-refractivity contribution in [3.8, 4) is 0 Å². The molecule has 1 heterocycles. The number of nitrogens with zero attached hydrogens (tertiary/aromatic N) is 2. The normalized spacial score (nSPS) is 20.3. The number of amides is 2. The molecular weight excluding hydrogens is 236 g/mol. The Balaban J connectivity index is 2.43. The van der Waals surface area contributed by atoms with Crippen LogP contribution in [0.3, 0.4) is 0 Å². The molecule has 3 heteroatoms. The number of likely N-dealkylation sites (N-methyl/N-ethyl adjacent to an activating group) is 2. The summed E-state index contributed by atoms with van der Waals surface area (Å²) < 4.78 is 0. The number of carbonyl (C=O) groups is 1. The first-order chi connectivity index (χ1) is 8.71. The van der Waals surface area contributed by atoms with Gasteiger partial charge in [0.2, 0.25) is 0 Å². The molecule has 1 atom stereocenters. The molecule has 0 N–H and O–H groups in total. The quantitative estimate of drug-likeness (QED) is 0.759. The standard InChI is InChI=1S/C16H24N2O/c1-11-7-8-12(16(2,3)4)9-13(11)14-10-17(5)15(19)18(14)6/h7-9,14H,10H2,1-6H3. The van der Waals surface area contributed by atoms with E-state index in [-0.39, 0.29) is 17.5 Å². The van der Waals surface area contributed by atoms with Crippen molar-refractivity contribution in [3.05, 3.63) is 34.9 Å². The first-order valence-corrected chi connectivity index (χ1v) is 6.81. The van der Waals surface area contributed by atoms with Gasteiger partial charge in [0.05, 0.1) is 6.04 Å². The van der Waals surface area contributed by atoms with Crippen molar-refractivity contribution in [3.63, 3.8) is 0 Å². The molecule has 1 saturated heterocycles. The van der Waals surface area contributed by atoms with Crippen molar-refractivity contribution in [1.29, 1.82) is 0 Å². The van der Waals surface area contributed by atoms with Crippen LogP contribution in [0.25, 0.3) is 0 Å². The largest absolute Gasteiger partial charge is 0.325 e. The molecule has 1 aliphatic heterocycles. The summed E-state index contributed by atoms with van der Waals surface area (Å²) >= 11 is 0. The molecule has 2 rings (SSSR count). The smallest absolute Gasteiger partial charge is 0.320 e. The van der Waals surface area contributed by atoms with Gasteiger partial charge >= 0.3 is 6.03 Å². The number of urea groups is 1. The van der Waals surface area contributed by atoms with E-state index >= 15 is 0 Å². The Morgan fingerprint density at radius 2 is 1.84 bits per heavy atom. The van der Waals surface area contributed by atoms with E-state index in [2.05, 4.69) is 45.9 Å². The minimum Gasteiger partial charge on any atom is -0.325 e. The monoisotopic (exact) mass is 260 g/mol. The van der Waals surface area contributed by atoms with Crippen LogP contribution in [0.4, 0.5) is 4.79 Å². The van der Waals surface area contributed by atoms with E-state index in [0.717, 1.165) is 6.54 Å². The van der Waals surface area contributed by atoms with Crippen LogP contribution in [0, 0.1) is 6.92 Å². The van der Waals surface area contributed by atoms with Gasteiger partial charge in [-0.25, -0.2) is 4.79 Å². The van der Waals surface area contributed by atoms with Crippen LogP contribution >= 0.6 is 0 Å². The van der Waals surface area contributed by atoms with Crippen LogP contribution in [0.2, 0.25) is 0 Å². The topological polar surface area (TPSA) is 23.6 Å². The second-order valence-corrected chi connectivity index (χ2v) is 6.61. The fourth-order valence-corrected chi connectivity index (χ4v) is 2.64. The summed E-state index contributed by atoms with van der Waals surface area (Å²) in [6, 6.07) is 6.90. The predicted octanol–water partition coefficient (Wildman–Crippen LogP) is 3.33. The fraction of sp³-hybridized carbons (Fsp3) is 0.562. The Morgan fingerprint density at radius 3 is 2.32 bits per heavy atom. The molecule has 1 fully saturated rings. The van der Waals surface area contributed by atoms with E-state index in [1.165, 1.54) is 16.7 Å². The van der Waals surface area contributed by atoms with Crippen LogP contribution in [0.15, 0.2) is 18.2 Å². The summed E-state index contributed by atoms with van der Waals surface area (Å²) in [7, 11) is 3.75. The van der Waals surface area contributed by atoms with Crippen molar-refractivity contribution >= 4 is 6.03 Å². The van der Waals surface area contributed by atoms with Gasteiger partial charge in [-0.3, -0.25) is 0 Å². The summed E-state index contributed by atoms with van der Waals surface area (Å²) in [4.78, 5) is 15.6. The third kappa shape index (κ3) is 2.46. The molecule has 2 amide bonds. The van der Waals surface area contributed by atoms with Gasteiger partial charge in [0.1, 0.15) is 0 Å². The minimum atomic E-state index is 0.102. The molecule has 0 bridgehead atoms. The van der Waals surface area contributed by atoms with E-state index < -0.39 is 0 Å². The molecule has 0 aliphatic carbocycles. The minimum absolute atomic E-state index is 0.102. The first-order valence-electron chi connectivity index (χ1n) is 6.81. The summed E-state index contributed by atoms with van der Waals surface area (Å²) in [5.74, 6) is 0. The highest BCUT2D eigenvalue weighted by Crippen LogP contribution is 2.32. The predicted molar refractivity (Wildman–Crippen MR) is 78.4 cm³/mol. The number of aryl methyl sites for hydroxylation is 1. The Bertz CT molecular complexity index is 502. The average molecular weight is 260 g/mol. The van der Waals surface area contributed by atoms with Crippen LogP contribution < -0.4 is 0 Å². The zero-order chi connectivity index (χ0) is 14.4. The lowest BCUT2D eigenvalue weighted by molar-refractivity contribution is 0.201. The molecule has 1 unspecified atom stereocenters. The lowest BCUT2D eigenvalue weighted by atomic mass is 9.84. The molecule has 3 nitrogen and oxygen atoms in total. The van der Waals surface area contributed by atoms with Gasteiger partial charge in [-0.2, -0.15) is 0 Å². The number of rotatable bonds is 1. The highest BCUT2D eigenvalue weighted by molar-refractivity contribution is 5.77. The molecule has 104 valence electrons. The van der Waals surface area contributed by atoms with E-state index in [1.54, 1.807) is 4.90 Å². The van der Waals surface area contributed by atoms with Gasteiger partial charge in [0.25, 0.3) is 0 Å². The second-order valence-electron chi connectivity index (χ2n) is 6.61. The number of hydrogen-bond donors (Lipinski definition) is 0. The summed E-state index contributed by atoms with van der Waals surface area (Å²) in [5.41, 5.74) is 3.99. The lowest BCUT2D eigenvalue weighted by Crippen LogP contribution is -2.27. The van der Waals surface area contributed by atoms with E-state index in [4.69, 9.17) is 0 Å². The molecule has 0 radical (unpaired) electrons. The highest BCUT2D eigenvalue weighted by Gasteiger charge is 2.34. The Kier molecular flexibility index (Phi) is 3.33. The van der Waals surface area contributed by atoms with Crippen LogP contribution in [-0.4, -0.2) is 36.5 Å². The molecule has 0 spiro atoms. The summed E-state index contributed by atoms with van der Waals surface area (Å²) in [5, 5.41) is 0. The van der Waals surface area contributed by atoms with Gasteiger partial charge < -0.3 is 9.80 Å². The highest BCUT2D eigenvalue weighted by atomic mass is 16.2. The fourth-order valence-electron chi connectivity index (χ4n) is 2.64. The van der Waals surface area contributed by atoms with Crippen molar-refractivity contribution < 1.29 is 4.79 Å². The number of hydrogen-bond acceptors (Lipinski definition) is 1. The third-order valence-electron chi connectivity index (χ3n) is 4.05. The van der Waals surface area contributed by atoms with Gasteiger partial charge in [0.15, 0.2) is 0 Å². The zero-order valence-corrected chi connectivity index (χ0v) is 12.8. The maximum absolute atomic E-state index is 11.9. The summed E-state index contributed by atoms with van der Waals surface area (Å²) in [6.45, 7) is 9.55. The zero-order valence-electron chi connectivity index (χ0n) is 12.8. The average Bonchev–Trinajstić information content (AvgIpc) is 2.56. The molecule has 19 heavy (non-hydrogen) atoms. The number of benzene rings is 1. The number of carbonyl (C=O) groups excluding carboxylic acids is 1. The lowest BCUT2D eigenvalue weighted by Gasteiger charge is -2.25. The van der Waals surface area contributed by atoms with Crippen molar-refractivity contribution in [2.24, 2.45) is 0 Å². The van der Waals surface area contributed by atoms with E-state index in [0.29, 0.717) is 0 Å². The van der Waals surface area contributed by atoms with Gasteiger partial charge in [0, 0.05) is 20.6 Å². The third-order valence-corrected chi connectivity index (χ3v) is 4.05. The van der Waals surface area contributed by atoms with Crippen molar-refractivity contribution in [1.82, 2.24) is 9.80 Å². The van der Waals surface area contributed by atoms with Crippen LogP contribution in [0.1, 0.15) is 43.5 Å². The maximum atomic E-state index is 11.9. The molecule has 1 aromatic rings. The van der Waals surface area contributed by atoms with Gasteiger partial charge in [-0.05, 0) is 29.0 Å². The van der Waals surface area contributed by atoms with Crippen molar-refractivity contribution in [2.75, 3.05) is 20.6 Å². The Labute approximate surface area is 116 Å². The molecule has 0 saturated carbocycles. The van der Waals surface area contributed by atoms with E-state index in [9.17, 15) is 4.79 Å². The van der Waals surface area contributed by atoms with Gasteiger partial charge in [-0.1, -0.05) is 39.0 Å². The molecule has 1 aliphatic rings. The Morgan fingerprint density at radius 1 is 1.21 bits per heavy atom. The van der Waals surface area contributed by atoms with Crippen molar-refractivity contribution in [2.45, 2.75) is 39.2 Å². The molecule has 1 aromatic carbocycles. The van der Waals surface area contributed by atoms with Gasteiger partial charge in [-0.15, -0.1) is 0 Å². The SMILES string of the molecule is Cc1ccc(C(C)(C)C)cc1C1CN(C)C(=O)N1C. The summed E-state index contributed by atoms with van der Waals surface area (Å²) in [6.07, 6.45) is 0. The first kappa shape index (κ1) is 13.9.